The lowest BCUT2D eigenvalue weighted by atomic mass is 10.0. The van der Waals surface area contributed by atoms with Gasteiger partial charge in [0.1, 0.15) is 11.3 Å². The predicted molar refractivity (Wildman–Crippen MR) is 96.4 cm³/mol. The number of ether oxygens (including phenoxy) is 1. The maximum absolute atomic E-state index is 12.6. The number of rotatable bonds is 5. The molecule has 27 heavy (non-hydrogen) atoms. The lowest BCUT2D eigenvalue weighted by Gasteiger charge is -2.28. The Morgan fingerprint density at radius 1 is 1.41 bits per heavy atom. The number of nitrogens with zero attached hydrogens (tertiary/aromatic N) is 1. The number of carbonyl (C=O) groups is 2. The highest BCUT2D eigenvalue weighted by Gasteiger charge is 2.33. The Balaban J connectivity index is 1.88. The third-order valence-electron chi connectivity index (χ3n) is 5.04. The van der Waals surface area contributed by atoms with Crippen molar-refractivity contribution in [3.8, 4) is 5.75 Å². The van der Waals surface area contributed by atoms with Crippen molar-refractivity contribution in [1.82, 2.24) is 4.90 Å². The molecule has 1 aliphatic heterocycles. The Labute approximate surface area is 156 Å². The van der Waals surface area contributed by atoms with Crippen LogP contribution in [-0.2, 0) is 16.0 Å². The van der Waals surface area contributed by atoms with Crippen LogP contribution in [0.3, 0.4) is 0 Å². The second kappa shape index (κ2) is 7.42. The fourth-order valence-electron chi connectivity index (χ4n) is 3.58. The van der Waals surface area contributed by atoms with Crippen LogP contribution < -0.4 is 15.5 Å². The van der Waals surface area contributed by atoms with Crippen LogP contribution in [-0.4, -0.2) is 35.5 Å². The minimum absolute atomic E-state index is 0.372. The number of likely N-dealkylation sites (tertiary alicyclic amines) is 1. The number of amides is 1. The van der Waals surface area contributed by atoms with Gasteiger partial charge < -0.3 is 24.0 Å². The summed E-state index contributed by atoms with van der Waals surface area (Å²) in [5, 5.41) is 12.0. The monoisotopic (exact) mass is 372 g/mol. The van der Waals surface area contributed by atoms with E-state index in [0.717, 1.165) is 10.9 Å². The van der Waals surface area contributed by atoms with Gasteiger partial charge in [0.2, 0.25) is 0 Å². The number of hydrogen-bond donors (Lipinski definition) is 0. The summed E-state index contributed by atoms with van der Waals surface area (Å²) in [6, 6.07) is 4.10. The first kappa shape index (κ1) is 18.9. The molecule has 7 heteroatoms. The molecule has 1 fully saturated rings. The van der Waals surface area contributed by atoms with E-state index in [9.17, 15) is 19.5 Å². The van der Waals surface area contributed by atoms with E-state index in [1.807, 2.05) is 6.92 Å². The molecule has 0 aliphatic carbocycles. The van der Waals surface area contributed by atoms with Gasteiger partial charge in [-0.1, -0.05) is 6.92 Å². The van der Waals surface area contributed by atoms with Crippen molar-refractivity contribution in [2.24, 2.45) is 0 Å². The quantitative estimate of drug-likeness (QED) is 0.731. The van der Waals surface area contributed by atoms with Crippen LogP contribution in [0, 0.1) is 6.92 Å². The van der Waals surface area contributed by atoms with Gasteiger partial charge in [-0.15, -0.1) is 0 Å². The van der Waals surface area contributed by atoms with Crippen molar-refractivity contribution in [3.63, 3.8) is 0 Å². The molecular formula is C20H22NO6-. The molecule has 3 rings (SSSR count). The highest BCUT2D eigenvalue weighted by molar-refractivity contribution is 5.87. The van der Waals surface area contributed by atoms with Crippen LogP contribution in [0.1, 0.15) is 37.8 Å². The topological polar surface area (TPSA) is 99.9 Å². The van der Waals surface area contributed by atoms with Crippen LogP contribution in [0.25, 0.3) is 11.0 Å². The van der Waals surface area contributed by atoms with Crippen molar-refractivity contribution >= 4 is 22.8 Å². The van der Waals surface area contributed by atoms with Gasteiger partial charge in [0.05, 0.1) is 12.0 Å². The average Bonchev–Trinajstić information content (AvgIpc) is 3.13. The largest absolute Gasteiger partial charge is 0.548 e. The Hall–Kier alpha value is -2.83. The SMILES string of the molecule is CCc1cc(=O)oc2c(C)c(O[C@H](C)C(=O)N3CCC[C@H]3C(=O)[O-])ccc12. The normalized spacial score (nSPS) is 17.9. The molecule has 0 spiro atoms. The van der Waals surface area contributed by atoms with Crippen LogP contribution in [0.15, 0.2) is 27.4 Å². The molecule has 7 nitrogen and oxygen atoms in total. The van der Waals surface area contributed by atoms with E-state index in [2.05, 4.69) is 0 Å². The van der Waals surface area contributed by atoms with Crippen LogP contribution >= 0.6 is 0 Å². The summed E-state index contributed by atoms with van der Waals surface area (Å²) in [4.78, 5) is 36.9. The summed E-state index contributed by atoms with van der Waals surface area (Å²) >= 11 is 0. The second-order valence-electron chi connectivity index (χ2n) is 6.78. The molecule has 1 saturated heterocycles. The number of carboxylic acid groups (broad SMARTS) is 1. The van der Waals surface area contributed by atoms with Gasteiger partial charge in [-0.2, -0.15) is 0 Å². The molecule has 2 heterocycles. The van der Waals surface area contributed by atoms with Gasteiger partial charge in [-0.3, -0.25) is 4.79 Å². The van der Waals surface area contributed by atoms with Crippen molar-refractivity contribution < 1.29 is 23.8 Å². The molecule has 0 bridgehead atoms. The number of aryl methyl sites for hydroxylation is 2. The smallest absolute Gasteiger partial charge is 0.336 e. The van der Waals surface area contributed by atoms with Crippen molar-refractivity contribution in [2.75, 3.05) is 6.54 Å². The minimum atomic E-state index is -1.25. The molecule has 0 N–H and O–H groups in total. The first-order valence-corrected chi connectivity index (χ1v) is 9.07. The van der Waals surface area contributed by atoms with Crippen LogP contribution in [0.4, 0.5) is 0 Å². The summed E-state index contributed by atoms with van der Waals surface area (Å²) in [7, 11) is 0. The van der Waals surface area contributed by atoms with E-state index >= 15 is 0 Å². The molecule has 2 aromatic rings. The fourth-order valence-corrected chi connectivity index (χ4v) is 3.58. The lowest BCUT2D eigenvalue weighted by Crippen LogP contribution is -2.50. The maximum atomic E-state index is 12.6. The zero-order valence-corrected chi connectivity index (χ0v) is 15.6. The zero-order chi connectivity index (χ0) is 19.7. The summed E-state index contributed by atoms with van der Waals surface area (Å²) in [6.07, 6.45) is 0.829. The molecule has 0 radical (unpaired) electrons. The van der Waals surface area contributed by atoms with Gasteiger partial charge in [0.15, 0.2) is 6.10 Å². The van der Waals surface area contributed by atoms with E-state index in [-0.39, 0.29) is 0 Å². The summed E-state index contributed by atoms with van der Waals surface area (Å²) < 4.78 is 11.2. The van der Waals surface area contributed by atoms with Gasteiger partial charge in [-0.25, -0.2) is 4.79 Å². The Morgan fingerprint density at radius 2 is 2.15 bits per heavy atom. The number of benzene rings is 1. The summed E-state index contributed by atoms with van der Waals surface area (Å²) in [5.74, 6) is -1.22. The Morgan fingerprint density at radius 3 is 2.81 bits per heavy atom. The molecule has 0 unspecified atom stereocenters. The van der Waals surface area contributed by atoms with Gasteiger partial charge in [0.25, 0.3) is 5.91 Å². The lowest BCUT2D eigenvalue weighted by molar-refractivity contribution is -0.310. The molecule has 0 saturated carbocycles. The molecule has 1 amide bonds. The first-order valence-electron chi connectivity index (χ1n) is 9.07. The summed E-state index contributed by atoms with van der Waals surface area (Å²) in [5.41, 5.74) is 1.51. The minimum Gasteiger partial charge on any atom is -0.548 e. The van der Waals surface area contributed by atoms with Crippen LogP contribution in [0.2, 0.25) is 0 Å². The van der Waals surface area contributed by atoms with Crippen LogP contribution in [0.5, 0.6) is 5.75 Å². The van der Waals surface area contributed by atoms with E-state index in [0.29, 0.717) is 42.7 Å². The zero-order valence-electron chi connectivity index (χ0n) is 15.6. The third-order valence-corrected chi connectivity index (χ3v) is 5.04. The predicted octanol–water partition coefficient (Wildman–Crippen LogP) is 1.17. The molecule has 144 valence electrons. The third kappa shape index (κ3) is 3.54. The molecule has 1 aliphatic rings. The highest BCUT2D eigenvalue weighted by atomic mass is 16.5. The molecule has 2 atom stereocenters. The van der Waals surface area contributed by atoms with Gasteiger partial charge in [0, 0.05) is 23.6 Å². The number of aliphatic carboxylic acids is 1. The van der Waals surface area contributed by atoms with E-state index in [1.165, 1.54) is 11.0 Å². The van der Waals surface area contributed by atoms with E-state index in [4.69, 9.17) is 9.15 Å². The summed E-state index contributed by atoms with van der Waals surface area (Å²) in [6.45, 7) is 5.67. The first-order chi connectivity index (χ1) is 12.8. The number of hydrogen-bond acceptors (Lipinski definition) is 6. The van der Waals surface area contributed by atoms with Gasteiger partial charge >= 0.3 is 5.63 Å². The van der Waals surface area contributed by atoms with Crippen molar-refractivity contribution in [3.05, 3.63) is 39.7 Å². The number of carbonyl (C=O) groups excluding carboxylic acids is 2. The number of carboxylic acids is 1. The van der Waals surface area contributed by atoms with E-state index < -0.39 is 29.6 Å². The second-order valence-corrected chi connectivity index (χ2v) is 6.78. The standard InChI is InChI=1S/C20H23NO6/c1-4-13-10-17(22)27-18-11(2)16(8-7-14(13)18)26-12(3)19(23)21-9-5-6-15(21)20(24)25/h7-8,10,12,15H,4-6,9H2,1-3H3,(H,24,25)/p-1/t12-,15+/m1/s1. The highest BCUT2D eigenvalue weighted by Crippen LogP contribution is 2.30. The van der Waals surface area contributed by atoms with Crippen molar-refractivity contribution in [2.45, 2.75) is 52.2 Å². The maximum Gasteiger partial charge on any atom is 0.336 e. The number of fused-ring (bicyclic) bond motifs is 1. The molecular weight excluding hydrogens is 350 g/mol. The molecule has 1 aromatic heterocycles. The van der Waals surface area contributed by atoms with E-state index in [1.54, 1.807) is 26.0 Å². The van der Waals surface area contributed by atoms with Crippen molar-refractivity contribution in [1.29, 1.82) is 0 Å². The fraction of sp³-hybridized carbons (Fsp3) is 0.450. The Bertz CT molecular complexity index is 947. The van der Waals surface area contributed by atoms with Gasteiger partial charge in [-0.05, 0) is 50.8 Å². The average molecular weight is 372 g/mol. The Kier molecular flexibility index (Phi) is 5.21. The molecule has 1 aromatic carbocycles.